The lowest BCUT2D eigenvalue weighted by atomic mass is 9.42. The van der Waals surface area contributed by atoms with Crippen LogP contribution in [0.3, 0.4) is 0 Å². The van der Waals surface area contributed by atoms with Gasteiger partial charge in [0.1, 0.15) is 42.7 Å². The predicted molar refractivity (Wildman–Crippen MR) is 196 cm³/mol. The Morgan fingerprint density at radius 1 is 0.821 bits per heavy atom. The molecule has 4 saturated carbocycles. The summed E-state index contributed by atoms with van der Waals surface area (Å²) < 4.78 is 28.9. The van der Waals surface area contributed by atoms with Gasteiger partial charge in [0.05, 0.1) is 49.8 Å². The summed E-state index contributed by atoms with van der Waals surface area (Å²) >= 11 is 0. The molecule has 2 aliphatic heterocycles. The number of hydrogen-bond acceptors (Lipinski definition) is 16. The van der Waals surface area contributed by atoms with Crippen molar-refractivity contribution >= 4 is 0 Å². The second-order valence-corrected chi connectivity index (χ2v) is 18.6. The fourth-order valence-corrected chi connectivity index (χ4v) is 12.3. The van der Waals surface area contributed by atoms with Crippen molar-refractivity contribution < 1.29 is 79.9 Å². The topological polar surface area (TPSA) is 269 Å². The summed E-state index contributed by atoms with van der Waals surface area (Å²) in [6.45, 7) is 6.62. The van der Waals surface area contributed by atoms with Gasteiger partial charge in [-0.25, -0.2) is 0 Å². The van der Waals surface area contributed by atoms with Crippen LogP contribution in [-0.2, 0) is 23.7 Å². The van der Waals surface area contributed by atoms with E-state index in [1.807, 2.05) is 32.9 Å². The minimum atomic E-state index is -1.51. The highest BCUT2D eigenvalue weighted by molar-refractivity contribution is 5.22. The van der Waals surface area contributed by atoms with E-state index in [2.05, 4.69) is 6.92 Å². The molecule has 0 bridgehead atoms. The van der Waals surface area contributed by atoms with Crippen LogP contribution in [0, 0.1) is 52.3 Å². The van der Waals surface area contributed by atoms with Crippen LogP contribution in [0.2, 0.25) is 0 Å². The van der Waals surface area contributed by atoms with Crippen LogP contribution in [0.15, 0.2) is 12.2 Å². The first-order valence-corrected chi connectivity index (χ1v) is 20.5. The lowest BCUT2D eigenvalue weighted by Crippen LogP contribution is -2.68. The van der Waals surface area contributed by atoms with Crippen LogP contribution in [0.4, 0.5) is 0 Å². The molecule has 23 unspecified atom stereocenters. The van der Waals surface area contributed by atoms with Gasteiger partial charge >= 0.3 is 0 Å². The SMILES string of the molecule is COC1C(OC2C(OCC(C=CC(C)C3C(O)C(O)C4C3(C)CCC3C5(C)CCC(O)CC5C(O)CC34O)C(C)CO)OC(C(O)CO)C2O)OCC(O)C1O. The van der Waals surface area contributed by atoms with Crippen LogP contribution in [0.1, 0.15) is 66.2 Å². The van der Waals surface area contributed by atoms with Crippen molar-refractivity contribution in [1.82, 2.24) is 0 Å². The average molecular weight is 805 g/mol. The van der Waals surface area contributed by atoms with Gasteiger partial charge in [0.15, 0.2) is 12.6 Å². The molecule has 16 nitrogen and oxygen atoms in total. The first-order chi connectivity index (χ1) is 26.4. The molecule has 56 heavy (non-hydrogen) atoms. The molecule has 6 rings (SSSR count). The van der Waals surface area contributed by atoms with E-state index >= 15 is 0 Å². The molecule has 16 heteroatoms. The van der Waals surface area contributed by atoms with Gasteiger partial charge in [-0.05, 0) is 72.5 Å². The normalized spacial score (nSPS) is 51.6. The Bertz CT molecular complexity index is 1340. The van der Waals surface area contributed by atoms with Gasteiger partial charge in [0.2, 0.25) is 0 Å². The number of fused-ring (bicyclic) bond motifs is 5. The van der Waals surface area contributed by atoms with E-state index in [9.17, 15) is 56.2 Å². The van der Waals surface area contributed by atoms with Crippen LogP contribution >= 0.6 is 0 Å². The second kappa shape index (κ2) is 17.2. The van der Waals surface area contributed by atoms with Crippen molar-refractivity contribution in [3.05, 3.63) is 12.2 Å². The lowest BCUT2D eigenvalue weighted by Gasteiger charge is -2.65. The van der Waals surface area contributed by atoms with Crippen LogP contribution in [0.25, 0.3) is 0 Å². The number of methoxy groups -OCH3 is 1. The highest BCUT2D eigenvalue weighted by Gasteiger charge is 2.72. The van der Waals surface area contributed by atoms with Gasteiger partial charge in [-0.15, -0.1) is 0 Å². The Labute approximate surface area is 329 Å². The zero-order valence-corrected chi connectivity index (χ0v) is 33.2. The van der Waals surface area contributed by atoms with Crippen molar-refractivity contribution in [2.24, 2.45) is 52.3 Å². The van der Waals surface area contributed by atoms with E-state index in [0.29, 0.717) is 32.1 Å². The maximum atomic E-state index is 12.7. The predicted octanol–water partition coefficient (Wildman–Crippen LogP) is -1.60. The number of allylic oxidation sites excluding steroid dienone is 1. The molecule has 4 aliphatic carbocycles. The van der Waals surface area contributed by atoms with Crippen molar-refractivity contribution in [1.29, 1.82) is 0 Å². The van der Waals surface area contributed by atoms with E-state index in [1.165, 1.54) is 7.11 Å². The quantitative estimate of drug-likeness (QED) is 0.0937. The number of aliphatic hydroxyl groups is 11. The van der Waals surface area contributed by atoms with Crippen molar-refractivity contribution in [3.63, 3.8) is 0 Å². The third kappa shape index (κ3) is 7.67. The van der Waals surface area contributed by atoms with Crippen molar-refractivity contribution in [3.8, 4) is 0 Å². The summed E-state index contributed by atoms with van der Waals surface area (Å²) in [7, 11) is 1.30. The molecule has 324 valence electrons. The van der Waals surface area contributed by atoms with Gasteiger partial charge in [0, 0.05) is 32.0 Å². The summed E-state index contributed by atoms with van der Waals surface area (Å²) in [5.74, 6) is -2.63. The van der Waals surface area contributed by atoms with Crippen LogP contribution < -0.4 is 0 Å². The number of ether oxygens (including phenoxy) is 5. The van der Waals surface area contributed by atoms with Crippen LogP contribution in [0.5, 0.6) is 0 Å². The molecule has 11 N–H and O–H groups in total. The third-order valence-electron chi connectivity index (χ3n) is 15.3. The number of rotatable bonds is 13. The Kier molecular flexibility index (Phi) is 13.7. The fraction of sp³-hybridized carbons (Fsp3) is 0.950. The first kappa shape index (κ1) is 44.6. The standard InChI is InChI=1S/C40H68O16/c1-18(27-29(48)30(49)35-39(27,4)11-9-26-38(3)10-8-21(43)12-22(38)23(44)13-40(26,35)51)6-7-20(19(2)14-41)16-53-37-34(31(50)32(55-37)24(45)15-42)56-36-33(52-5)28(47)25(46)17-54-36/h6-7,18-37,41-51H,8-17H2,1-5H3. The largest absolute Gasteiger partial charge is 0.396 e. The molecule has 2 saturated heterocycles. The molecular formula is C40H68O16. The summed E-state index contributed by atoms with van der Waals surface area (Å²) in [5, 5.41) is 120. The summed E-state index contributed by atoms with van der Waals surface area (Å²) in [6, 6.07) is 0. The van der Waals surface area contributed by atoms with E-state index in [1.54, 1.807) is 0 Å². The zero-order chi connectivity index (χ0) is 41.1. The molecule has 0 aromatic carbocycles. The molecule has 23 atom stereocenters. The molecular weight excluding hydrogens is 736 g/mol. The fourth-order valence-electron chi connectivity index (χ4n) is 12.3. The molecule has 0 radical (unpaired) electrons. The third-order valence-corrected chi connectivity index (χ3v) is 15.3. The van der Waals surface area contributed by atoms with Crippen LogP contribution in [-0.4, -0.2) is 175 Å². The Hall–Kier alpha value is -0.900. The highest BCUT2D eigenvalue weighted by atomic mass is 16.8. The minimum absolute atomic E-state index is 0.0613. The Morgan fingerprint density at radius 2 is 1.52 bits per heavy atom. The molecule has 0 aromatic heterocycles. The first-order valence-electron chi connectivity index (χ1n) is 20.5. The number of aliphatic hydroxyl groups excluding tert-OH is 10. The number of hydrogen-bond donors (Lipinski definition) is 11. The molecule has 2 heterocycles. The van der Waals surface area contributed by atoms with Gasteiger partial charge in [-0.1, -0.05) is 39.8 Å². The molecule has 0 amide bonds. The zero-order valence-electron chi connectivity index (χ0n) is 33.2. The summed E-state index contributed by atoms with van der Waals surface area (Å²) in [6.07, 6.45) is -8.72. The van der Waals surface area contributed by atoms with Gasteiger partial charge < -0.3 is 79.9 Å². The van der Waals surface area contributed by atoms with E-state index in [4.69, 9.17) is 23.7 Å². The second-order valence-electron chi connectivity index (χ2n) is 18.6. The maximum Gasteiger partial charge on any atom is 0.187 e. The van der Waals surface area contributed by atoms with Gasteiger partial charge in [-0.3, -0.25) is 0 Å². The lowest BCUT2D eigenvalue weighted by molar-refractivity contribution is -0.308. The Morgan fingerprint density at radius 3 is 2.18 bits per heavy atom. The monoisotopic (exact) mass is 804 g/mol. The van der Waals surface area contributed by atoms with E-state index < -0.39 is 121 Å². The minimum Gasteiger partial charge on any atom is -0.396 e. The maximum absolute atomic E-state index is 12.7. The molecule has 6 fully saturated rings. The Balaban J connectivity index is 1.18. The summed E-state index contributed by atoms with van der Waals surface area (Å²) in [4.78, 5) is 0. The molecule has 6 aliphatic rings. The van der Waals surface area contributed by atoms with E-state index in [0.717, 1.165) is 0 Å². The van der Waals surface area contributed by atoms with Gasteiger partial charge in [-0.2, -0.15) is 0 Å². The molecule has 0 aromatic rings. The van der Waals surface area contributed by atoms with Crippen molar-refractivity contribution in [2.75, 3.05) is 33.5 Å². The smallest absolute Gasteiger partial charge is 0.187 e. The molecule has 0 spiro atoms. The van der Waals surface area contributed by atoms with Gasteiger partial charge in [0.25, 0.3) is 0 Å². The summed E-state index contributed by atoms with van der Waals surface area (Å²) in [5.41, 5.74) is -2.53. The highest BCUT2D eigenvalue weighted by Crippen LogP contribution is 2.69. The average Bonchev–Trinajstić information content (AvgIpc) is 3.57. The van der Waals surface area contributed by atoms with Crippen molar-refractivity contribution in [2.45, 2.75) is 152 Å². The van der Waals surface area contributed by atoms with E-state index in [-0.39, 0.29) is 49.9 Å².